The third-order valence-corrected chi connectivity index (χ3v) is 6.51. The number of urea groups is 1. The number of aromatic amines is 1. The fourth-order valence-corrected chi connectivity index (χ4v) is 5.05. The first-order chi connectivity index (χ1) is 13.3. The molecule has 1 saturated heterocycles. The summed E-state index contributed by atoms with van der Waals surface area (Å²) in [7, 11) is 0. The van der Waals surface area contributed by atoms with E-state index in [4.69, 9.17) is 0 Å². The van der Waals surface area contributed by atoms with Gasteiger partial charge < -0.3 is 10.3 Å². The molecule has 0 radical (unpaired) electrons. The van der Waals surface area contributed by atoms with Crippen LogP contribution in [-0.4, -0.2) is 28.6 Å². The number of rotatable bonds is 3. The molecule has 2 aromatic rings. The van der Waals surface area contributed by atoms with Gasteiger partial charge in [0.25, 0.3) is 0 Å². The first kappa shape index (κ1) is 16.6. The van der Waals surface area contributed by atoms with Crippen LogP contribution in [0.3, 0.4) is 0 Å². The van der Waals surface area contributed by atoms with Crippen LogP contribution < -0.4 is 10.2 Å². The highest BCUT2D eigenvalue weighted by Crippen LogP contribution is 2.39. The molecule has 0 bridgehead atoms. The third kappa shape index (κ3) is 3.05. The van der Waals surface area contributed by atoms with E-state index in [2.05, 4.69) is 33.5 Å². The molecule has 5 nitrogen and oxygen atoms in total. The monoisotopic (exact) mass is 362 g/mol. The molecule has 1 saturated carbocycles. The van der Waals surface area contributed by atoms with Gasteiger partial charge in [-0.25, -0.2) is 9.78 Å². The zero-order valence-electron chi connectivity index (χ0n) is 15.5. The first-order valence-electron chi connectivity index (χ1n) is 10.2. The van der Waals surface area contributed by atoms with Crippen LogP contribution in [0.4, 0.5) is 10.5 Å². The maximum atomic E-state index is 12.6. The molecule has 1 aliphatic heterocycles. The van der Waals surface area contributed by atoms with Gasteiger partial charge in [-0.1, -0.05) is 18.2 Å². The average Bonchev–Trinajstić information content (AvgIpc) is 3.34. The van der Waals surface area contributed by atoms with Gasteiger partial charge in [-0.05, 0) is 74.1 Å². The molecule has 1 aromatic heterocycles. The second-order valence-electron chi connectivity index (χ2n) is 8.02. The molecular formula is C22H26N4O. The lowest BCUT2D eigenvalue weighted by Gasteiger charge is -2.36. The molecule has 27 heavy (non-hydrogen) atoms. The van der Waals surface area contributed by atoms with Crippen LogP contribution in [-0.2, 0) is 0 Å². The lowest BCUT2D eigenvalue weighted by atomic mass is 9.74. The van der Waals surface area contributed by atoms with Gasteiger partial charge in [0.15, 0.2) is 0 Å². The predicted octanol–water partition coefficient (Wildman–Crippen LogP) is 4.54. The fourth-order valence-electron chi connectivity index (χ4n) is 5.05. The molecule has 2 fully saturated rings. The number of carbonyl (C=O) groups excluding carboxylic acids is 1. The summed E-state index contributed by atoms with van der Waals surface area (Å²) >= 11 is 0. The summed E-state index contributed by atoms with van der Waals surface area (Å²) in [6, 6.07) is 6.32. The Morgan fingerprint density at radius 1 is 1.11 bits per heavy atom. The quantitative estimate of drug-likeness (QED) is 0.842. The summed E-state index contributed by atoms with van der Waals surface area (Å²) in [5.41, 5.74) is 4.42. The average molecular weight is 362 g/mol. The van der Waals surface area contributed by atoms with Crippen molar-refractivity contribution in [3.63, 3.8) is 0 Å². The lowest BCUT2D eigenvalue weighted by molar-refractivity contribution is 0.247. The van der Waals surface area contributed by atoms with E-state index in [1.54, 1.807) is 11.9 Å². The number of hydrogen-bond donors (Lipinski definition) is 2. The molecule has 1 atom stereocenters. The minimum atomic E-state index is 0.0268. The second-order valence-corrected chi connectivity index (χ2v) is 8.02. The zero-order valence-corrected chi connectivity index (χ0v) is 15.5. The number of nitrogens with one attached hydrogen (secondary N) is 2. The van der Waals surface area contributed by atoms with Crippen molar-refractivity contribution in [1.29, 1.82) is 0 Å². The van der Waals surface area contributed by atoms with Crippen molar-refractivity contribution < 1.29 is 4.79 Å². The highest BCUT2D eigenvalue weighted by molar-refractivity contribution is 5.96. The van der Waals surface area contributed by atoms with Crippen LogP contribution in [0, 0.1) is 11.8 Å². The molecule has 1 aromatic carbocycles. The van der Waals surface area contributed by atoms with Crippen molar-refractivity contribution in [3.05, 3.63) is 48.3 Å². The number of nitrogens with zero attached hydrogens (tertiary/aromatic N) is 2. The molecule has 1 unspecified atom stereocenters. The molecule has 5 rings (SSSR count). The van der Waals surface area contributed by atoms with E-state index in [0.29, 0.717) is 11.8 Å². The Morgan fingerprint density at radius 2 is 2.00 bits per heavy atom. The Labute approximate surface area is 159 Å². The minimum Gasteiger partial charge on any atom is -0.345 e. The third-order valence-electron chi connectivity index (χ3n) is 6.51. The number of anilines is 1. The number of fused-ring (bicyclic) bond motifs is 1. The second kappa shape index (κ2) is 6.87. The van der Waals surface area contributed by atoms with E-state index in [1.807, 2.05) is 23.1 Å². The van der Waals surface area contributed by atoms with Gasteiger partial charge >= 0.3 is 6.03 Å². The van der Waals surface area contributed by atoms with Crippen molar-refractivity contribution in [3.8, 4) is 0 Å². The van der Waals surface area contributed by atoms with Crippen molar-refractivity contribution in [2.24, 2.45) is 11.8 Å². The van der Waals surface area contributed by atoms with Crippen LogP contribution in [0.15, 0.2) is 48.3 Å². The van der Waals surface area contributed by atoms with E-state index >= 15 is 0 Å². The Hall–Kier alpha value is -2.56. The molecule has 140 valence electrons. The summed E-state index contributed by atoms with van der Waals surface area (Å²) in [5, 5.41) is 3.07. The van der Waals surface area contributed by atoms with Crippen molar-refractivity contribution in [2.75, 3.05) is 11.4 Å². The summed E-state index contributed by atoms with van der Waals surface area (Å²) < 4.78 is 0. The molecule has 2 N–H and O–H groups in total. The van der Waals surface area contributed by atoms with Crippen LogP contribution in [0.2, 0.25) is 0 Å². The van der Waals surface area contributed by atoms with Crippen LogP contribution in [0.25, 0.3) is 11.0 Å². The fraction of sp³-hybridized carbons (Fsp3) is 0.455. The zero-order chi connectivity index (χ0) is 18.2. The Balaban J connectivity index is 1.32. The summed E-state index contributed by atoms with van der Waals surface area (Å²) in [4.78, 5) is 22.0. The molecule has 5 heteroatoms. The van der Waals surface area contributed by atoms with E-state index in [9.17, 15) is 4.79 Å². The summed E-state index contributed by atoms with van der Waals surface area (Å²) in [5.74, 6) is 1.27. The summed E-state index contributed by atoms with van der Waals surface area (Å²) in [6.45, 7) is 0.748. The van der Waals surface area contributed by atoms with Crippen molar-refractivity contribution >= 4 is 22.8 Å². The highest BCUT2D eigenvalue weighted by Gasteiger charge is 2.39. The SMILES string of the molecule is O=C1NCC(C2CCC(C3=CCCC=C3)CC2)N1c1ccc2nc[nH]c2c1. The number of amides is 2. The number of carbonyl (C=O) groups is 1. The lowest BCUT2D eigenvalue weighted by Crippen LogP contribution is -2.40. The number of imidazole rings is 1. The van der Waals surface area contributed by atoms with Gasteiger partial charge in [-0.15, -0.1) is 0 Å². The normalized spacial score (nSPS) is 28.4. The van der Waals surface area contributed by atoms with Gasteiger partial charge in [0.05, 0.1) is 23.4 Å². The van der Waals surface area contributed by atoms with Crippen molar-refractivity contribution in [1.82, 2.24) is 15.3 Å². The predicted molar refractivity (Wildman–Crippen MR) is 108 cm³/mol. The van der Waals surface area contributed by atoms with Crippen LogP contribution >= 0.6 is 0 Å². The van der Waals surface area contributed by atoms with Gasteiger partial charge in [-0.2, -0.15) is 0 Å². The smallest absolute Gasteiger partial charge is 0.322 e. The van der Waals surface area contributed by atoms with Gasteiger partial charge in [-0.3, -0.25) is 4.90 Å². The van der Waals surface area contributed by atoms with Gasteiger partial charge in [0, 0.05) is 12.2 Å². The van der Waals surface area contributed by atoms with E-state index < -0.39 is 0 Å². The number of aromatic nitrogens is 2. The Kier molecular flexibility index (Phi) is 4.23. The standard InChI is InChI=1S/C22H26N4O/c27-22-23-13-21(26(22)18-10-11-19-20(12-18)25-14-24-19)17-8-6-16(7-9-17)15-4-2-1-3-5-15/h2,4-5,10-12,14,16-17,21H,1,3,6-9,13H2,(H,23,27)(H,24,25). The van der Waals surface area contributed by atoms with Gasteiger partial charge in [0.1, 0.15) is 0 Å². The Bertz CT molecular complexity index is 904. The molecule has 2 heterocycles. The highest BCUT2D eigenvalue weighted by atomic mass is 16.2. The molecule has 2 amide bonds. The largest absolute Gasteiger partial charge is 0.345 e. The molecular weight excluding hydrogens is 336 g/mol. The molecule has 2 aliphatic carbocycles. The van der Waals surface area contributed by atoms with E-state index in [1.165, 1.54) is 38.5 Å². The van der Waals surface area contributed by atoms with Crippen LogP contribution in [0.1, 0.15) is 38.5 Å². The van der Waals surface area contributed by atoms with E-state index in [0.717, 1.165) is 23.3 Å². The number of H-pyrrole nitrogens is 1. The first-order valence-corrected chi connectivity index (χ1v) is 10.2. The van der Waals surface area contributed by atoms with Crippen LogP contribution in [0.5, 0.6) is 0 Å². The minimum absolute atomic E-state index is 0.0268. The van der Waals surface area contributed by atoms with E-state index in [-0.39, 0.29) is 12.1 Å². The molecule has 0 spiro atoms. The number of benzene rings is 1. The summed E-state index contributed by atoms with van der Waals surface area (Å²) in [6.07, 6.45) is 16.0. The van der Waals surface area contributed by atoms with Crippen molar-refractivity contribution in [2.45, 2.75) is 44.6 Å². The maximum Gasteiger partial charge on any atom is 0.322 e. The maximum absolute atomic E-state index is 12.6. The topological polar surface area (TPSA) is 61.0 Å². The number of allylic oxidation sites excluding steroid dienone is 4. The van der Waals surface area contributed by atoms with Gasteiger partial charge in [0.2, 0.25) is 0 Å². The molecule has 3 aliphatic rings. The Morgan fingerprint density at radius 3 is 2.81 bits per heavy atom. The number of hydrogen-bond acceptors (Lipinski definition) is 2.